The second-order valence-corrected chi connectivity index (χ2v) is 6.74. The average molecular weight is 319 g/mol. The van der Waals surface area contributed by atoms with E-state index in [0.717, 1.165) is 16.2 Å². The van der Waals surface area contributed by atoms with E-state index >= 15 is 0 Å². The maximum absolute atomic E-state index is 11.7. The van der Waals surface area contributed by atoms with Crippen LogP contribution in [-0.2, 0) is 6.54 Å². The lowest BCUT2D eigenvalue weighted by Crippen LogP contribution is -2.13. The Hall–Kier alpha value is -2.05. The van der Waals surface area contributed by atoms with Crippen LogP contribution in [0.5, 0.6) is 0 Å². The summed E-state index contributed by atoms with van der Waals surface area (Å²) in [4.78, 5) is 15.1. The molecule has 0 aliphatic carbocycles. The van der Waals surface area contributed by atoms with Gasteiger partial charge in [-0.05, 0) is 17.5 Å². The first kappa shape index (κ1) is 13.9. The Labute approximate surface area is 129 Å². The molecule has 0 amide bonds. The fraction of sp³-hybridized carbons (Fsp3) is 0.133. The molecule has 0 fully saturated rings. The topological polar surface area (TPSA) is 53.7 Å². The number of rotatable bonds is 4. The van der Waals surface area contributed by atoms with Gasteiger partial charge in [-0.25, -0.2) is 4.79 Å². The highest BCUT2D eigenvalue weighted by atomic mass is 32.1. The van der Waals surface area contributed by atoms with E-state index < -0.39 is 5.63 Å². The number of nitrogens with zero attached hydrogens (tertiary/aromatic N) is 1. The summed E-state index contributed by atoms with van der Waals surface area (Å²) in [5, 5.41) is 12.4. The predicted molar refractivity (Wildman–Crippen MR) is 88.4 cm³/mol. The molecule has 0 bridgehead atoms. The lowest BCUT2D eigenvalue weighted by molar-refractivity contribution is 0.499. The minimum atomic E-state index is -0.569. The van der Waals surface area contributed by atoms with Crippen LogP contribution in [-0.4, -0.2) is 12.2 Å². The van der Waals surface area contributed by atoms with E-state index in [0.29, 0.717) is 5.58 Å². The second-order valence-electron chi connectivity index (χ2n) is 4.64. The number of aliphatic hydroxyl groups excluding tert-OH is 1. The largest absolute Gasteiger partial charge is 0.508 e. The van der Waals surface area contributed by atoms with E-state index in [-0.39, 0.29) is 11.3 Å². The van der Waals surface area contributed by atoms with E-state index in [9.17, 15) is 9.90 Å². The molecule has 0 aliphatic heterocycles. The maximum atomic E-state index is 11.7. The normalized spacial score (nSPS) is 10.9. The highest BCUT2D eigenvalue weighted by Crippen LogP contribution is 2.33. The number of anilines is 1. The molecule has 0 aliphatic rings. The van der Waals surface area contributed by atoms with Gasteiger partial charge in [0.25, 0.3) is 0 Å². The van der Waals surface area contributed by atoms with Crippen molar-refractivity contribution in [3.63, 3.8) is 0 Å². The Balaban J connectivity index is 1.97. The van der Waals surface area contributed by atoms with Gasteiger partial charge < -0.3 is 14.4 Å². The van der Waals surface area contributed by atoms with Gasteiger partial charge in [0.1, 0.15) is 11.3 Å². The minimum Gasteiger partial charge on any atom is -0.508 e. The lowest BCUT2D eigenvalue weighted by Gasteiger charge is -2.15. The second kappa shape index (κ2) is 5.38. The summed E-state index contributed by atoms with van der Waals surface area (Å²) >= 11 is 3.22. The van der Waals surface area contributed by atoms with Gasteiger partial charge in [-0.15, -0.1) is 22.7 Å². The summed E-state index contributed by atoms with van der Waals surface area (Å²) < 4.78 is 6.04. The summed E-state index contributed by atoms with van der Waals surface area (Å²) in [6.45, 7) is 4.18. The van der Waals surface area contributed by atoms with Crippen molar-refractivity contribution < 1.29 is 9.52 Å². The molecule has 0 saturated carbocycles. The molecule has 108 valence electrons. The highest BCUT2D eigenvalue weighted by molar-refractivity contribution is 7.22. The molecular formula is C15H13NO3S2. The number of fused-ring (bicyclic) bond motifs is 1. The minimum absolute atomic E-state index is 0.108. The number of hydrogen-bond acceptors (Lipinski definition) is 6. The maximum Gasteiger partial charge on any atom is 0.347 e. The van der Waals surface area contributed by atoms with Gasteiger partial charge in [0.2, 0.25) is 0 Å². The number of hydrogen-bond donors (Lipinski definition) is 1. The van der Waals surface area contributed by atoms with Crippen LogP contribution in [0, 0.1) is 0 Å². The van der Waals surface area contributed by atoms with Crippen LogP contribution in [0.15, 0.2) is 45.4 Å². The van der Waals surface area contributed by atoms with E-state index in [1.54, 1.807) is 17.4 Å². The van der Waals surface area contributed by atoms with Crippen molar-refractivity contribution in [3.05, 3.63) is 57.1 Å². The van der Waals surface area contributed by atoms with Crippen LogP contribution in [0.3, 0.4) is 0 Å². The lowest BCUT2D eigenvalue weighted by atomic mass is 10.2. The zero-order valence-corrected chi connectivity index (χ0v) is 13.0. The third kappa shape index (κ3) is 2.72. The molecule has 3 rings (SSSR count). The van der Waals surface area contributed by atoms with Crippen LogP contribution < -0.4 is 10.5 Å². The third-order valence-electron chi connectivity index (χ3n) is 3.07. The van der Waals surface area contributed by atoms with Crippen LogP contribution >= 0.6 is 22.7 Å². The summed E-state index contributed by atoms with van der Waals surface area (Å²) in [5.74, 6) is -0.271. The Morgan fingerprint density at radius 2 is 2.29 bits per heavy atom. The fourth-order valence-corrected chi connectivity index (χ4v) is 3.75. The average Bonchev–Trinajstić information content (AvgIpc) is 3.05. The van der Waals surface area contributed by atoms with E-state index in [2.05, 4.69) is 17.5 Å². The summed E-state index contributed by atoms with van der Waals surface area (Å²) in [5.41, 5.74) is 0.0695. The summed E-state index contributed by atoms with van der Waals surface area (Å²) in [6.07, 6.45) is 0. The monoisotopic (exact) mass is 319 g/mol. The first-order chi connectivity index (χ1) is 10.0. The fourth-order valence-electron chi connectivity index (χ4n) is 2.00. The number of thiophene rings is 2. The molecule has 0 atom stereocenters. The van der Waals surface area contributed by atoms with Crippen LogP contribution in [0.25, 0.3) is 16.0 Å². The van der Waals surface area contributed by atoms with Crippen molar-refractivity contribution in [2.75, 3.05) is 11.9 Å². The highest BCUT2D eigenvalue weighted by Gasteiger charge is 2.13. The smallest absolute Gasteiger partial charge is 0.347 e. The van der Waals surface area contributed by atoms with E-state index in [1.165, 1.54) is 16.2 Å². The van der Waals surface area contributed by atoms with Crippen molar-refractivity contribution in [1.82, 2.24) is 0 Å². The van der Waals surface area contributed by atoms with Gasteiger partial charge in [-0.1, -0.05) is 12.6 Å². The molecule has 0 saturated heterocycles. The van der Waals surface area contributed by atoms with E-state index in [1.807, 2.05) is 24.6 Å². The van der Waals surface area contributed by atoms with Gasteiger partial charge in [0, 0.05) is 18.0 Å². The molecule has 3 aromatic heterocycles. The SMILES string of the molecule is C=C(O)c1cc2sc(N(C)Cc3cccs3)cc2oc1=O. The van der Waals surface area contributed by atoms with Gasteiger partial charge in [0.05, 0.1) is 16.2 Å². The van der Waals surface area contributed by atoms with Gasteiger partial charge >= 0.3 is 5.63 Å². The molecule has 6 heteroatoms. The predicted octanol–water partition coefficient (Wildman–Crippen LogP) is 4.08. The van der Waals surface area contributed by atoms with Gasteiger partial charge in [-0.3, -0.25) is 0 Å². The molecule has 21 heavy (non-hydrogen) atoms. The Morgan fingerprint density at radius 1 is 1.48 bits per heavy atom. The van der Waals surface area contributed by atoms with Crippen molar-refractivity contribution in [1.29, 1.82) is 0 Å². The van der Waals surface area contributed by atoms with Crippen LogP contribution in [0.2, 0.25) is 0 Å². The van der Waals surface area contributed by atoms with Gasteiger partial charge in [-0.2, -0.15) is 0 Å². The molecule has 0 radical (unpaired) electrons. The summed E-state index contributed by atoms with van der Waals surface area (Å²) in [6, 6.07) is 7.58. The molecule has 1 N–H and O–H groups in total. The summed E-state index contributed by atoms with van der Waals surface area (Å²) in [7, 11) is 1.99. The van der Waals surface area contributed by atoms with Gasteiger partial charge in [0.15, 0.2) is 5.58 Å². The standard InChI is InChI=1S/C15H13NO3S2/c1-9(17)11-6-13-12(19-15(11)18)7-14(21-13)16(2)8-10-4-3-5-20-10/h3-7,17H,1,8H2,2H3. The zero-order valence-electron chi connectivity index (χ0n) is 11.3. The first-order valence-electron chi connectivity index (χ1n) is 6.24. The Bertz CT molecular complexity index is 846. The zero-order chi connectivity index (χ0) is 15.0. The molecule has 0 spiro atoms. The Kier molecular flexibility index (Phi) is 3.57. The molecule has 4 nitrogen and oxygen atoms in total. The molecular weight excluding hydrogens is 306 g/mol. The van der Waals surface area contributed by atoms with Crippen molar-refractivity contribution >= 4 is 43.7 Å². The third-order valence-corrected chi connectivity index (χ3v) is 5.11. The van der Waals surface area contributed by atoms with Crippen molar-refractivity contribution in [2.45, 2.75) is 6.54 Å². The molecule has 3 aromatic rings. The quantitative estimate of drug-likeness (QED) is 0.736. The van der Waals surface area contributed by atoms with Crippen LogP contribution in [0.4, 0.5) is 5.00 Å². The van der Waals surface area contributed by atoms with Crippen molar-refractivity contribution in [2.24, 2.45) is 0 Å². The first-order valence-corrected chi connectivity index (χ1v) is 7.93. The number of aliphatic hydroxyl groups is 1. The molecule has 0 aromatic carbocycles. The molecule has 0 unspecified atom stereocenters. The molecule has 3 heterocycles. The van der Waals surface area contributed by atoms with Crippen LogP contribution in [0.1, 0.15) is 10.4 Å². The van der Waals surface area contributed by atoms with Crippen molar-refractivity contribution in [3.8, 4) is 0 Å². The Morgan fingerprint density at radius 3 is 2.95 bits per heavy atom. The van der Waals surface area contributed by atoms with E-state index in [4.69, 9.17) is 4.42 Å².